The van der Waals surface area contributed by atoms with Gasteiger partial charge in [-0.1, -0.05) is 0 Å². The largest absolute Gasteiger partial charge is 0.444 e. The molecule has 2 aliphatic rings. The average molecular weight is 363 g/mol. The van der Waals surface area contributed by atoms with E-state index >= 15 is 0 Å². The maximum atomic E-state index is 12.3. The molecule has 0 bridgehead atoms. The van der Waals surface area contributed by atoms with Gasteiger partial charge in [0.1, 0.15) is 5.60 Å². The normalized spacial score (nSPS) is 22.5. The van der Waals surface area contributed by atoms with E-state index in [1.165, 1.54) is 29.8 Å². The lowest BCUT2D eigenvalue weighted by Crippen LogP contribution is -2.42. The predicted octanol–water partition coefficient (Wildman–Crippen LogP) is 3.54. The van der Waals surface area contributed by atoms with Gasteiger partial charge in [0.2, 0.25) is 0 Å². The highest BCUT2D eigenvalue weighted by atomic mass is 16.6. The van der Waals surface area contributed by atoms with Crippen molar-refractivity contribution in [3.05, 3.63) is 17.0 Å². The fourth-order valence-electron chi connectivity index (χ4n) is 4.34. The summed E-state index contributed by atoms with van der Waals surface area (Å²) in [6.45, 7) is 13.7. The van der Waals surface area contributed by atoms with Crippen LogP contribution in [0.2, 0.25) is 0 Å². The van der Waals surface area contributed by atoms with Crippen molar-refractivity contribution in [2.45, 2.75) is 77.9 Å². The maximum absolute atomic E-state index is 12.3. The van der Waals surface area contributed by atoms with E-state index < -0.39 is 5.60 Å². The van der Waals surface area contributed by atoms with Crippen LogP contribution in [0, 0.1) is 13.8 Å². The second-order valence-corrected chi connectivity index (χ2v) is 8.77. The molecule has 2 aliphatic heterocycles. The molecule has 2 saturated heterocycles. The van der Waals surface area contributed by atoms with Gasteiger partial charge in [-0.3, -0.25) is 4.68 Å². The van der Waals surface area contributed by atoms with Crippen LogP contribution in [0.1, 0.15) is 75.4 Å². The van der Waals surface area contributed by atoms with Gasteiger partial charge < -0.3 is 15.0 Å². The lowest BCUT2D eigenvalue weighted by Gasteiger charge is -2.34. The van der Waals surface area contributed by atoms with Crippen LogP contribution in [0.25, 0.3) is 0 Å². The van der Waals surface area contributed by atoms with E-state index in [2.05, 4.69) is 23.8 Å². The van der Waals surface area contributed by atoms with Gasteiger partial charge in [0.15, 0.2) is 0 Å². The molecule has 0 saturated carbocycles. The zero-order valence-corrected chi connectivity index (χ0v) is 17.0. The molecule has 1 unspecified atom stereocenters. The Hall–Kier alpha value is -1.56. The Morgan fingerprint density at radius 3 is 2.46 bits per heavy atom. The van der Waals surface area contributed by atoms with Crippen LogP contribution in [-0.2, 0) is 4.74 Å². The fourth-order valence-corrected chi connectivity index (χ4v) is 4.34. The van der Waals surface area contributed by atoms with Crippen LogP contribution in [0.4, 0.5) is 4.79 Å². The summed E-state index contributed by atoms with van der Waals surface area (Å²) in [4.78, 5) is 14.1. The number of aryl methyl sites for hydroxylation is 1. The van der Waals surface area contributed by atoms with Crippen molar-refractivity contribution >= 4 is 6.09 Å². The van der Waals surface area contributed by atoms with Crippen LogP contribution < -0.4 is 5.32 Å². The maximum Gasteiger partial charge on any atom is 0.410 e. The summed E-state index contributed by atoms with van der Waals surface area (Å²) >= 11 is 0. The minimum absolute atomic E-state index is 0.196. The third kappa shape index (κ3) is 4.22. The first-order valence-electron chi connectivity index (χ1n) is 10.0. The molecule has 2 fully saturated rings. The zero-order chi connectivity index (χ0) is 18.9. The summed E-state index contributed by atoms with van der Waals surface area (Å²) in [5, 5.41) is 8.41. The smallest absolute Gasteiger partial charge is 0.410 e. The lowest BCUT2D eigenvalue weighted by molar-refractivity contribution is 0.0184. The van der Waals surface area contributed by atoms with Gasteiger partial charge in [-0.05, 0) is 66.8 Å². The molecule has 1 aromatic rings. The van der Waals surface area contributed by atoms with Crippen molar-refractivity contribution in [2.24, 2.45) is 0 Å². The van der Waals surface area contributed by atoms with Crippen molar-refractivity contribution in [3.8, 4) is 0 Å². The quantitative estimate of drug-likeness (QED) is 0.874. The SMILES string of the molecule is Cc1nn(C2CCN(C(=O)OC(C)(C)C)CC2)c(C)c1C1CCCNC1. The van der Waals surface area contributed by atoms with Crippen LogP contribution in [0.5, 0.6) is 0 Å². The molecule has 1 amide bonds. The molecule has 6 nitrogen and oxygen atoms in total. The minimum Gasteiger partial charge on any atom is -0.444 e. The number of amides is 1. The molecule has 26 heavy (non-hydrogen) atoms. The number of aromatic nitrogens is 2. The Morgan fingerprint density at radius 1 is 1.19 bits per heavy atom. The van der Waals surface area contributed by atoms with Gasteiger partial charge in [0.05, 0.1) is 11.7 Å². The first-order chi connectivity index (χ1) is 12.3. The van der Waals surface area contributed by atoms with E-state index in [1.807, 2.05) is 25.7 Å². The number of ether oxygens (including phenoxy) is 1. The van der Waals surface area contributed by atoms with Gasteiger partial charge in [0.25, 0.3) is 0 Å². The number of carbonyl (C=O) groups is 1. The summed E-state index contributed by atoms with van der Waals surface area (Å²) in [5.41, 5.74) is 3.48. The third-order valence-corrected chi connectivity index (χ3v) is 5.55. The summed E-state index contributed by atoms with van der Waals surface area (Å²) in [6, 6.07) is 0.373. The Labute approximate surface area is 157 Å². The van der Waals surface area contributed by atoms with Crippen LogP contribution in [0.15, 0.2) is 0 Å². The molecule has 6 heteroatoms. The molecule has 146 valence electrons. The molecule has 1 atom stereocenters. The van der Waals surface area contributed by atoms with Crippen LogP contribution in [-0.4, -0.2) is 52.6 Å². The predicted molar refractivity (Wildman–Crippen MR) is 103 cm³/mol. The van der Waals surface area contributed by atoms with E-state index in [0.29, 0.717) is 12.0 Å². The van der Waals surface area contributed by atoms with Gasteiger partial charge in [0, 0.05) is 36.8 Å². The number of piperidine rings is 2. The van der Waals surface area contributed by atoms with Crippen molar-refractivity contribution in [1.82, 2.24) is 20.0 Å². The second kappa shape index (κ2) is 7.59. The number of hydrogen-bond donors (Lipinski definition) is 1. The summed E-state index contributed by atoms with van der Waals surface area (Å²) in [6.07, 6.45) is 4.16. The number of nitrogens with one attached hydrogen (secondary N) is 1. The standard InChI is InChI=1S/C20H34N4O2/c1-14-18(16-7-6-10-21-13-16)15(2)24(22-14)17-8-11-23(12-9-17)19(25)26-20(3,4)5/h16-17,21H,6-13H2,1-5H3. The monoisotopic (exact) mass is 362 g/mol. The Morgan fingerprint density at radius 2 is 1.88 bits per heavy atom. The third-order valence-electron chi connectivity index (χ3n) is 5.55. The Balaban J connectivity index is 1.65. The summed E-state index contributed by atoms with van der Waals surface area (Å²) in [7, 11) is 0. The molecule has 3 heterocycles. The van der Waals surface area contributed by atoms with Crippen molar-refractivity contribution < 1.29 is 9.53 Å². The van der Waals surface area contributed by atoms with Gasteiger partial charge >= 0.3 is 6.09 Å². The van der Waals surface area contributed by atoms with Crippen molar-refractivity contribution in [1.29, 1.82) is 0 Å². The van der Waals surface area contributed by atoms with Crippen molar-refractivity contribution in [2.75, 3.05) is 26.2 Å². The molecule has 0 aromatic carbocycles. The minimum atomic E-state index is -0.438. The summed E-state index contributed by atoms with van der Waals surface area (Å²) in [5.74, 6) is 0.583. The lowest BCUT2D eigenvalue weighted by atomic mass is 9.90. The number of hydrogen-bond acceptors (Lipinski definition) is 4. The van der Waals surface area contributed by atoms with E-state index in [0.717, 1.165) is 39.0 Å². The molecular formula is C20H34N4O2. The molecule has 0 radical (unpaired) electrons. The molecule has 0 aliphatic carbocycles. The average Bonchev–Trinajstić information content (AvgIpc) is 2.89. The van der Waals surface area contributed by atoms with E-state index in [-0.39, 0.29) is 6.09 Å². The second-order valence-electron chi connectivity index (χ2n) is 8.77. The van der Waals surface area contributed by atoms with Gasteiger partial charge in [-0.2, -0.15) is 5.10 Å². The highest BCUT2D eigenvalue weighted by molar-refractivity contribution is 5.68. The highest BCUT2D eigenvalue weighted by Gasteiger charge is 2.30. The molecule has 0 spiro atoms. The number of nitrogens with zero attached hydrogens (tertiary/aromatic N) is 3. The van der Waals surface area contributed by atoms with Gasteiger partial charge in [-0.15, -0.1) is 0 Å². The Kier molecular flexibility index (Phi) is 5.61. The molecular weight excluding hydrogens is 328 g/mol. The number of carbonyl (C=O) groups excluding carboxylic acids is 1. The molecule has 3 rings (SSSR count). The zero-order valence-electron chi connectivity index (χ0n) is 17.0. The van der Waals surface area contributed by atoms with E-state index in [4.69, 9.17) is 9.84 Å². The van der Waals surface area contributed by atoms with Crippen LogP contribution in [0.3, 0.4) is 0 Å². The van der Waals surface area contributed by atoms with Crippen LogP contribution >= 0.6 is 0 Å². The van der Waals surface area contributed by atoms with Gasteiger partial charge in [-0.25, -0.2) is 4.79 Å². The van der Waals surface area contributed by atoms with E-state index in [1.54, 1.807) is 0 Å². The summed E-state index contributed by atoms with van der Waals surface area (Å²) < 4.78 is 7.73. The van der Waals surface area contributed by atoms with Crippen molar-refractivity contribution in [3.63, 3.8) is 0 Å². The molecule has 1 N–H and O–H groups in total. The first-order valence-corrected chi connectivity index (χ1v) is 10.0. The Bertz CT molecular complexity index is 633. The topological polar surface area (TPSA) is 59.4 Å². The first kappa shape index (κ1) is 19.2. The number of rotatable bonds is 2. The van der Waals surface area contributed by atoms with E-state index in [9.17, 15) is 4.79 Å². The fraction of sp³-hybridized carbons (Fsp3) is 0.800. The number of likely N-dealkylation sites (tertiary alicyclic amines) is 1. The highest BCUT2D eigenvalue weighted by Crippen LogP contribution is 2.32. The molecule has 1 aromatic heterocycles.